The number of nitrogens with zero attached hydrogens (tertiary/aromatic N) is 3. The second-order valence-electron chi connectivity index (χ2n) is 19.5. The molecule has 0 spiro atoms. The molecule has 11 aromatic carbocycles. The van der Waals surface area contributed by atoms with E-state index in [1.165, 1.54) is 137 Å². The number of ether oxygens (including phenoxy) is 1. The highest BCUT2D eigenvalue weighted by Gasteiger charge is 2.44. The van der Waals surface area contributed by atoms with Crippen molar-refractivity contribution in [3.63, 3.8) is 0 Å². The molecule has 2 aromatic heterocycles. The van der Waals surface area contributed by atoms with Gasteiger partial charge in [-0.05, 0) is 136 Å². The van der Waals surface area contributed by atoms with Crippen LogP contribution in [0.1, 0.15) is 22.3 Å². The Hall–Kier alpha value is -8.28. The standard InChI is InChI=1S/C62H40BN3O/c1-33-13-19-41-37(27-33)17-23-49-55(41)57-43-21-15-35(3)29-39(43)31-45-60(57)65(49)51-25-26-52(64-47-9-5-7-11-53(47)67-54-12-8-6-10-48(54)64)62-59(51)63(45)46-32-40-30-36(4)16-22-44(40)58-56-42-20-14-34(2)28-38(42)18-24-50(56)66(62)61(46)58/h5-32H,1-4H3. The molecule has 0 unspecified atom stereocenters. The normalized spacial score (nSPS) is 13.4. The van der Waals surface area contributed by atoms with Crippen molar-refractivity contribution < 1.29 is 4.74 Å². The summed E-state index contributed by atoms with van der Waals surface area (Å²) in [6.45, 7) is 8.79. The van der Waals surface area contributed by atoms with E-state index >= 15 is 0 Å². The molecule has 16 rings (SSSR count). The van der Waals surface area contributed by atoms with Crippen LogP contribution in [0.15, 0.2) is 170 Å². The van der Waals surface area contributed by atoms with Crippen LogP contribution >= 0.6 is 0 Å². The molecule has 0 atom stereocenters. The summed E-state index contributed by atoms with van der Waals surface area (Å²) in [6, 6.07) is 64.6. The fraction of sp³-hybridized carbons (Fsp3) is 0.0645. The van der Waals surface area contributed by atoms with Crippen molar-refractivity contribution in [1.82, 2.24) is 9.13 Å². The number of anilines is 3. The van der Waals surface area contributed by atoms with E-state index in [0.29, 0.717) is 0 Å². The molecule has 13 aromatic rings. The van der Waals surface area contributed by atoms with Gasteiger partial charge in [0.2, 0.25) is 0 Å². The first-order valence-electron chi connectivity index (χ1n) is 23.5. The first-order valence-corrected chi connectivity index (χ1v) is 23.5. The zero-order valence-electron chi connectivity index (χ0n) is 37.5. The molecule has 0 bridgehead atoms. The highest BCUT2D eigenvalue weighted by molar-refractivity contribution is 7.01. The topological polar surface area (TPSA) is 22.3 Å². The molecular weight excluding hydrogens is 814 g/mol. The molecule has 0 aliphatic carbocycles. The molecule has 0 N–H and O–H groups in total. The average molecular weight is 854 g/mol. The molecule has 3 aliphatic heterocycles. The van der Waals surface area contributed by atoms with Crippen molar-refractivity contribution in [3.8, 4) is 22.9 Å². The predicted molar refractivity (Wildman–Crippen MR) is 284 cm³/mol. The number of aromatic nitrogens is 2. The first-order chi connectivity index (χ1) is 32.9. The Morgan fingerprint density at radius 1 is 0.373 bits per heavy atom. The highest BCUT2D eigenvalue weighted by Crippen LogP contribution is 2.54. The zero-order valence-corrected chi connectivity index (χ0v) is 37.5. The summed E-state index contributed by atoms with van der Waals surface area (Å²) >= 11 is 0. The van der Waals surface area contributed by atoms with E-state index in [0.717, 1.165) is 28.6 Å². The van der Waals surface area contributed by atoms with Crippen molar-refractivity contribution in [3.05, 3.63) is 192 Å². The third-order valence-corrected chi connectivity index (χ3v) is 15.6. The number of hydrogen-bond donors (Lipinski definition) is 0. The van der Waals surface area contributed by atoms with Crippen LogP contribution in [0, 0.1) is 27.7 Å². The summed E-state index contributed by atoms with van der Waals surface area (Å²) in [5.41, 5.74) is 19.7. The Morgan fingerprint density at radius 3 is 1.36 bits per heavy atom. The Morgan fingerprint density at radius 2 is 0.821 bits per heavy atom. The van der Waals surface area contributed by atoms with Crippen molar-refractivity contribution >= 4 is 127 Å². The van der Waals surface area contributed by atoms with Gasteiger partial charge in [0, 0.05) is 27.2 Å². The van der Waals surface area contributed by atoms with Crippen LogP contribution in [-0.2, 0) is 0 Å². The van der Waals surface area contributed by atoms with E-state index in [1.807, 2.05) is 0 Å². The number of fused-ring (bicyclic) bond motifs is 20. The van der Waals surface area contributed by atoms with Crippen LogP contribution in [0.4, 0.5) is 17.1 Å². The maximum absolute atomic E-state index is 6.70. The minimum absolute atomic E-state index is 0.0769. The zero-order chi connectivity index (χ0) is 44.1. The Labute approximate surface area is 386 Å². The van der Waals surface area contributed by atoms with Crippen molar-refractivity contribution in [2.75, 3.05) is 4.90 Å². The molecule has 312 valence electrons. The number of hydrogen-bond acceptors (Lipinski definition) is 2. The lowest BCUT2D eigenvalue weighted by Crippen LogP contribution is -2.59. The fourth-order valence-corrected chi connectivity index (χ4v) is 12.9. The molecule has 0 amide bonds. The van der Waals surface area contributed by atoms with E-state index in [9.17, 15) is 0 Å². The van der Waals surface area contributed by atoms with E-state index in [4.69, 9.17) is 4.74 Å². The second-order valence-corrected chi connectivity index (χ2v) is 19.5. The summed E-state index contributed by atoms with van der Waals surface area (Å²) in [5.74, 6) is 1.69. The summed E-state index contributed by atoms with van der Waals surface area (Å²) in [5, 5.41) is 15.5. The summed E-state index contributed by atoms with van der Waals surface area (Å²) < 4.78 is 12.0. The van der Waals surface area contributed by atoms with E-state index < -0.39 is 0 Å². The molecule has 0 radical (unpaired) electrons. The minimum Gasteiger partial charge on any atom is -0.453 e. The van der Waals surface area contributed by atoms with Gasteiger partial charge >= 0.3 is 0 Å². The van der Waals surface area contributed by atoms with Gasteiger partial charge in [-0.15, -0.1) is 0 Å². The molecule has 67 heavy (non-hydrogen) atoms. The van der Waals surface area contributed by atoms with Crippen LogP contribution in [-0.4, -0.2) is 15.8 Å². The summed E-state index contributed by atoms with van der Waals surface area (Å²) in [7, 11) is 0. The van der Waals surface area contributed by atoms with Crippen LogP contribution < -0.4 is 26.0 Å². The molecular formula is C62H40BN3O. The molecule has 5 heterocycles. The lowest BCUT2D eigenvalue weighted by Gasteiger charge is -2.39. The molecule has 0 saturated carbocycles. The van der Waals surface area contributed by atoms with Gasteiger partial charge in [-0.1, -0.05) is 144 Å². The van der Waals surface area contributed by atoms with E-state index in [1.54, 1.807) is 0 Å². The second kappa shape index (κ2) is 12.3. The van der Waals surface area contributed by atoms with Gasteiger partial charge in [-0.2, -0.15) is 0 Å². The lowest BCUT2D eigenvalue weighted by atomic mass is 9.34. The number of para-hydroxylation sites is 4. The van der Waals surface area contributed by atoms with E-state index in [2.05, 4.69) is 212 Å². The van der Waals surface area contributed by atoms with Gasteiger partial charge in [0.05, 0.1) is 44.8 Å². The molecule has 5 heteroatoms. The fourth-order valence-electron chi connectivity index (χ4n) is 12.9. The van der Waals surface area contributed by atoms with Crippen LogP contribution in [0.2, 0.25) is 0 Å². The summed E-state index contributed by atoms with van der Waals surface area (Å²) in [4.78, 5) is 2.47. The van der Waals surface area contributed by atoms with Gasteiger partial charge in [0.25, 0.3) is 6.71 Å². The smallest absolute Gasteiger partial charge is 0.252 e. The van der Waals surface area contributed by atoms with Gasteiger partial charge < -0.3 is 18.8 Å². The molecule has 3 aliphatic rings. The maximum Gasteiger partial charge on any atom is 0.252 e. The van der Waals surface area contributed by atoms with Crippen LogP contribution in [0.5, 0.6) is 11.5 Å². The Bertz CT molecular complexity index is 4450. The van der Waals surface area contributed by atoms with Gasteiger partial charge in [0.15, 0.2) is 11.5 Å². The SMILES string of the molecule is Cc1ccc2c(ccc3c2c2c4ccc(C)cc4cc4c2n3-c2ccc(N3c5ccccc5Oc5ccccc53)c3c2B4c2cc4cc(C)ccc4c4c5c6ccc(C)cc6ccc5n-3c24)c1. The quantitative estimate of drug-likeness (QED) is 0.154. The number of rotatable bonds is 1. The Kier molecular flexibility index (Phi) is 6.63. The van der Waals surface area contributed by atoms with Gasteiger partial charge in [0.1, 0.15) is 0 Å². The van der Waals surface area contributed by atoms with Crippen LogP contribution in [0.3, 0.4) is 0 Å². The lowest BCUT2D eigenvalue weighted by molar-refractivity contribution is 0.477. The third-order valence-electron chi connectivity index (χ3n) is 15.6. The average Bonchev–Trinajstić information content (AvgIpc) is 3.88. The van der Waals surface area contributed by atoms with Crippen LogP contribution in [0.25, 0.3) is 98.1 Å². The summed E-state index contributed by atoms with van der Waals surface area (Å²) in [6.07, 6.45) is 0. The van der Waals surface area contributed by atoms with E-state index in [-0.39, 0.29) is 6.71 Å². The molecule has 4 nitrogen and oxygen atoms in total. The molecule has 0 fully saturated rings. The largest absolute Gasteiger partial charge is 0.453 e. The first kappa shape index (κ1) is 36.0. The van der Waals surface area contributed by atoms with Crippen molar-refractivity contribution in [2.24, 2.45) is 0 Å². The third kappa shape index (κ3) is 4.45. The molecule has 0 saturated heterocycles. The van der Waals surface area contributed by atoms with Crippen molar-refractivity contribution in [1.29, 1.82) is 0 Å². The predicted octanol–water partition coefficient (Wildman–Crippen LogP) is 14.4. The van der Waals surface area contributed by atoms with Gasteiger partial charge in [-0.25, -0.2) is 0 Å². The van der Waals surface area contributed by atoms with Gasteiger partial charge in [-0.3, -0.25) is 0 Å². The maximum atomic E-state index is 6.70. The number of benzene rings is 11. The monoisotopic (exact) mass is 853 g/mol. The highest BCUT2D eigenvalue weighted by atomic mass is 16.5. The Balaban J connectivity index is 1.18. The number of aryl methyl sites for hydroxylation is 4. The van der Waals surface area contributed by atoms with Crippen molar-refractivity contribution in [2.45, 2.75) is 27.7 Å². The minimum atomic E-state index is -0.0769.